The number of ether oxygens (including phenoxy) is 1. The van der Waals surface area contributed by atoms with E-state index in [1.165, 1.54) is 23.2 Å². The van der Waals surface area contributed by atoms with Crippen LogP contribution in [0.2, 0.25) is 5.02 Å². The molecule has 146 valence electrons. The number of likely N-dealkylation sites (N-methyl/N-ethyl adjacent to an activating group) is 1. The van der Waals surface area contributed by atoms with Gasteiger partial charge in [0, 0.05) is 22.7 Å². The van der Waals surface area contributed by atoms with E-state index in [2.05, 4.69) is 0 Å². The summed E-state index contributed by atoms with van der Waals surface area (Å²) in [6.07, 6.45) is -0.618. The number of hydrogen-bond acceptors (Lipinski definition) is 6. The van der Waals surface area contributed by atoms with Crippen LogP contribution in [0.15, 0.2) is 24.3 Å². The van der Waals surface area contributed by atoms with Crippen LogP contribution >= 0.6 is 22.9 Å². The number of sulfone groups is 1. The minimum absolute atomic E-state index is 0.0462. The van der Waals surface area contributed by atoms with Gasteiger partial charge in [-0.15, -0.1) is 11.3 Å². The van der Waals surface area contributed by atoms with Crippen molar-refractivity contribution < 1.29 is 22.7 Å². The Labute approximate surface area is 167 Å². The van der Waals surface area contributed by atoms with Crippen molar-refractivity contribution in [1.29, 1.82) is 0 Å². The van der Waals surface area contributed by atoms with Crippen molar-refractivity contribution in [1.82, 2.24) is 4.90 Å². The zero-order valence-corrected chi connectivity index (χ0v) is 17.4. The zero-order chi connectivity index (χ0) is 19.8. The van der Waals surface area contributed by atoms with Crippen LogP contribution < -0.4 is 0 Å². The lowest BCUT2D eigenvalue weighted by Crippen LogP contribution is -2.46. The molecule has 6 nitrogen and oxygen atoms in total. The SMILES string of the molecule is CCN(C(=O)[C@@H](C)OC(=O)c1sc2ccccc2c1Cl)[C@H]1CCS(=O)(=O)C1. The lowest BCUT2D eigenvalue weighted by Gasteiger charge is -2.29. The number of nitrogens with zero attached hydrogens (tertiary/aromatic N) is 1. The van der Waals surface area contributed by atoms with E-state index >= 15 is 0 Å². The predicted molar refractivity (Wildman–Crippen MR) is 106 cm³/mol. The van der Waals surface area contributed by atoms with Crippen LogP contribution in [0, 0.1) is 0 Å². The summed E-state index contributed by atoms with van der Waals surface area (Å²) in [6, 6.07) is 6.99. The van der Waals surface area contributed by atoms with Crippen molar-refractivity contribution in [2.45, 2.75) is 32.4 Å². The number of hydrogen-bond donors (Lipinski definition) is 0. The molecule has 3 rings (SSSR count). The third kappa shape index (κ3) is 4.12. The number of thiophene rings is 1. The van der Waals surface area contributed by atoms with Gasteiger partial charge in [-0.1, -0.05) is 29.8 Å². The average molecular weight is 430 g/mol. The molecule has 9 heteroatoms. The van der Waals surface area contributed by atoms with E-state index in [0.717, 1.165) is 10.1 Å². The molecule has 0 unspecified atom stereocenters. The molecule has 1 amide bonds. The predicted octanol–water partition coefficient (Wildman–Crippen LogP) is 3.14. The number of halogens is 1. The first-order valence-corrected chi connectivity index (χ1v) is 11.6. The van der Waals surface area contributed by atoms with Crippen LogP contribution in [0.4, 0.5) is 0 Å². The van der Waals surface area contributed by atoms with Gasteiger partial charge in [-0.3, -0.25) is 4.79 Å². The molecule has 1 aromatic heterocycles. The standard InChI is InChI=1S/C18H20ClNO5S2/c1-3-20(12-8-9-27(23,24)10-12)17(21)11(2)25-18(22)16-15(19)13-6-4-5-7-14(13)26-16/h4-7,11-12H,3,8-10H2,1-2H3/t11-,12+/m1/s1. The quantitative estimate of drug-likeness (QED) is 0.682. The molecule has 1 fully saturated rings. The Morgan fingerprint density at radius 1 is 1.37 bits per heavy atom. The van der Waals surface area contributed by atoms with Gasteiger partial charge in [0.25, 0.3) is 5.91 Å². The summed E-state index contributed by atoms with van der Waals surface area (Å²) in [5.41, 5.74) is 0. The normalized spacial score (nSPS) is 19.7. The first kappa shape index (κ1) is 20.1. The van der Waals surface area contributed by atoms with Crippen LogP contribution in [0.5, 0.6) is 0 Å². The molecule has 2 atom stereocenters. The van der Waals surface area contributed by atoms with Gasteiger partial charge in [-0.2, -0.15) is 0 Å². The third-order valence-electron chi connectivity index (χ3n) is 4.62. The zero-order valence-electron chi connectivity index (χ0n) is 15.0. The molecule has 0 bridgehead atoms. The maximum atomic E-state index is 12.7. The highest BCUT2D eigenvalue weighted by atomic mass is 35.5. The van der Waals surface area contributed by atoms with E-state index in [9.17, 15) is 18.0 Å². The van der Waals surface area contributed by atoms with E-state index in [4.69, 9.17) is 16.3 Å². The van der Waals surface area contributed by atoms with Gasteiger partial charge in [0.2, 0.25) is 0 Å². The van der Waals surface area contributed by atoms with Crippen LogP contribution in [0.3, 0.4) is 0 Å². The van der Waals surface area contributed by atoms with E-state index < -0.39 is 27.8 Å². The van der Waals surface area contributed by atoms with Gasteiger partial charge in [-0.25, -0.2) is 13.2 Å². The lowest BCUT2D eigenvalue weighted by molar-refractivity contribution is -0.141. The minimum atomic E-state index is -3.11. The number of rotatable bonds is 5. The highest BCUT2D eigenvalue weighted by molar-refractivity contribution is 7.91. The molecule has 1 saturated heterocycles. The Morgan fingerprint density at radius 2 is 2.07 bits per heavy atom. The number of carbonyl (C=O) groups is 2. The van der Waals surface area contributed by atoms with Crippen LogP contribution in [-0.4, -0.2) is 55.4 Å². The molecule has 2 aromatic rings. The highest BCUT2D eigenvalue weighted by Crippen LogP contribution is 2.35. The average Bonchev–Trinajstić information content (AvgIpc) is 3.15. The maximum Gasteiger partial charge on any atom is 0.350 e. The molecule has 27 heavy (non-hydrogen) atoms. The van der Waals surface area contributed by atoms with Crippen molar-refractivity contribution in [3.8, 4) is 0 Å². The summed E-state index contributed by atoms with van der Waals surface area (Å²) in [5, 5.41) is 1.08. The highest BCUT2D eigenvalue weighted by Gasteiger charge is 2.36. The van der Waals surface area contributed by atoms with E-state index in [0.29, 0.717) is 18.0 Å². The summed E-state index contributed by atoms with van der Waals surface area (Å²) >= 11 is 7.50. The van der Waals surface area contributed by atoms with Crippen molar-refractivity contribution in [3.63, 3.8) is 0 Å². The number of amides is 1. The number of benzene rings is 1. The second-order valence-corrected chi connectivity index (χ2v) is 10.1. The molecular formula is C18H20ClNO5S2. The fraction of sp³-hybridized carbons (Fsp3) is 0.444. The molecule has 2 heterocycles. The Kier molecular flexibility index (Phi) is 5.79. The summed E-state index contributed by atoms with van der Waals surface area (Å²) in [5.74, 6) is -1.02. The minimum Gasteiger partial charge on any atom is -0.448 e. The Hall–Kier alpha value is -1.64. The third-order valence-corrected chi connectivity index (χ3v) is 8.03. The molecule has 0 spiro atoms. The van der Waals surface area contributed by atoms with E-state index in [1.54, 1.807) is 6.92 Å². The summed E-state index contributed by atoms with van der Waals surface area (Å²) in [6.45, 7) is 3.62. The van der Waals surface area contributed by atoms with Gasteiger partial charge in [0.1, 0.15) is 4.88 Å². The fourth-order valence-electron chi connectivity index (χ4n) is 3.26. The molecule has 0 radical (unpaired) electrons. The van der Waals surface area contributed by atoms with Crippen LogP contribution in [0.1, 0.15) is 29.9 Å². The molecule has 1 aliphatic rings. The van der Waals surface area contributed by atoms with E-state index in [1.807, 2.05) is 24.3 Å². The molecule has 0 aliphatic carbocycles. The van der Waals surface area contributed by atoms with Gasteiger partial charge in [0.15, 0.2) is 15.9 Å². The van der Waals surface area contributed by atoms with Gasteiger partial charge >= 0.3 is 5.97 Å². The van der Waals surface area contributed by atoms with Gasteiger partial charge in [0.05, 0.1) is 16.5 Å². The first-order valence-electron chi connectivity index (χ1n) is 8.62. The number of carbonyl (C=O) groups excluding carboxylic acids is 2. The topological polar surface area (TPSA) is 80.8 Å². The largest absolute Gasteiger partial charge is 0.448 e. The summed E-state index contributed by atoms with van der Waals surface area (Å²) in [7, 11) is -3.11. The summed E-state index contributed by atoms with van der Waals surface area (Å²) in [4.78, 5) is 27.0. The Bertz CT molecular complexity index is 985. The maximum absolute atomic E-state index is 12.7. The second kappa shape index (κ2) is 7.77. The smallest absolute Gasteiger partial charge is 0.350 e. The van der Waals surface area contributed by atoms with Crippen LogP contribution in [-0.2, 0) is 19.4 Å². The molecular weight excluding hydrogens is 410 g/mol. The molecule has 1 aromatic carbocycles. The van der Waals surface area contributed by atoms with Crippen molar-refractivity contribution >= 4 is 54.7 Å². The molecule has 0 N–H and O–H groups in total. The Morgan fingerprint density at radius 3 is 2.67 bits per heavy atom. The molecule has 0 saturated carbocycles. The molecule has 1 aliphatic heterocycles. The van der Waals surface area contributed by atoms with Crippen LogP contribution in [0.25, 0.3) is 10.1 Å². The van der Waals surface area contributed by atoms with Gasteiger partial charge < -0.3 is 9.64 Å². The second-order valence-electron chi connectivity index (χ2n) is 6.47. The lowest BCUT2D eigenvalue weighted by atomic mass is 10.2. The van der Waals surface area contributed by atoms with E-state index in [-0.39, 0.29) is 22.4 Å². The van der Waals surface area contributed by atoms with Crippen molar-refractivity contribution in [2.75, 3.05) is 18.1 Å². The Balaban J connectivity index is 1.73. The number of esters is 1. The monoisotopic (exact) mass is 429 g/mol. The fourth-order valence-corrected chi connectivity index (χ4v) is 6.38. The van der Waals surface area contributed by atoms with Gasteiger partial charge in [-0.05, 0) is 26.3 Å². The summed E-state index contributed by atoms with van der Waals surface area (Å²) < 4.78 is 29.6. The van der Waals surface area contributed by atoms with Crippen molar-refractivity contribution in [2.24, 2.45) is 0 Å². The number of fused-ring (bicyclic) bond motifs is 1. The van der Waals surface area contributed by atoms with Crippen molar-refractivity contribution in [3.05, 3.63) is 34.2 Å². The first-order chi connectivity index (χ1) is 12.7.